The maximum absolute atomic E-state index is 6.01. The van der Waals surface area contributed by atoms with E-state index in [1.54, 1.807) is 7.11 Å². The number of aliphatic imine (C=N–C) groups is 1. The summed E-state index contributed by atoms with van der Waals surface area (Å²) in [6.07, 6.45) is 0.00489. The highest BCUT2D eigenvalue weighted by Gasteiger charge is 2.20. The summed E-state index contributed by atoms with van der Waals surface area (Å²) in [6.45, 7) is 12.7. The molecule has 1 aliphatic heterocycles. The average molecular weight is 363 g/mol. The third-order valence-corrected chi connectivity index (χ3v) is 4.45. The Hall–Kier alpha value is -1.95. The lowest BCUT2D eigenvalue weighted by atomic mass is 10.2. The van der Waals surface area contributed by atoms with E-state index in [2.05, 4.69) is 34.0 Å². The highest BCUT2D eigenvalue weighted by atomic mass is 16.5. The fraction of sp³-hybridized carbons (Fsp3) is 0.650. The van der Waals surface area contributed by atoms with E-state index < -0.39 is 0 Å². The Balaban J connectivity index is 1.80. The predicted molar refractivity (Wildman–Crippen MR) is 107 cm³/mol. The minimum Gasteiger partial charge on any atom is -0.493 e. The van der Waals surface area contributed by atoms with Crippen LogP contribution in [0, 0.1) is 5.92 Å². The first-order chi connectivity index (χ1) is 12.5. The van der Waals surface area contributed by atoms with Crippen LogP contribution in [0.3, 0.4) is 0 Å². The van der Waals surface area contributed by atoms with E-state index in [1.165, 1.54) is 6.54 Å². The smallest absolute Gasteiger partial charge is 0.193 e. The van der Waals surface area contributed by atoms with Crippen LogP contribution in [0.15, 0.2) is 29.3 Å². The SMILES string of the molecule is CN=C(NCC(C)Oc1ccccc1OC)N1CCN(CC(C)C)CC1. The van der Waals surface area contributed by atoms with Gasteiger partial charge in [-0.25, -0.2) is 0 Å². The first-order valence-electron chi connectivity index (χ1n) is 9.51. The molecule has 1 N–H and O–H groups in total. The number of ether oxygens (including phenoxy) is 2. The van der Waals surface area contributed by atoms with E-state index in [-0.39, 0.29) is 6.10 Å². The molecule has 0 radical (unpaired) electrons. The Bertz CT molecular complexity index is 569. The van der Waals surface area contributed by atoms with Crippen LogP contribution in [0.4, 0.5) is 0 Å². The molecule has 1 aliphatic rings. The zero-order chi connectivity index (χ0) is 18.9. The number of hydrogen-bond donors (Lipinski definition) is 1. The molecule has 1 unspecified atom stereocenters. The van der Waals surface area contributed by atoms with Crippen molar-refractivity contribution in [2.45, 2.75) is 26.9 Å². The number of methoxy groups -OCH3 is 1. The summed E-state index contributed by atoms with van der Waals surface area (Å²) in [6, 6.07) is 7.73. The fourth-order valence-corrected chi connectivity index (χ4v) is 3.20. The molecule has 0 aliphatic carbocycles. The lowest BCUT2D eigenvalue weighted by Crippen LogP contribution is -2.53. The van der Waals surface area contributed by atoms with Gasteiger partial charge in [0.25, 0.3) is 0 Å². The molecule has 0 aromatic heterocycles. The van der Waals surface area contributed by atoms with Crippen LogP contribution in [-0.2, 0) is 0 Å². The number of para-hydroxylation sites is 2. The quantitative estimate of drug-likeness (QED) is 0.596. The zero-order valence-corrected chi connectivity index (χ0v) is 16.9. The maximum Gasteiger partial charge on any atom is 0.193 e. The number of benzene rings is 1. The zero-order valence-electron chi connectivity index (χ0n) is 16.9. The van der Waals surface area contributed by atoms with Crippen LogP contribution in [0.2, 0.25) is 0 Å². The van der Waals surface area contributed by atoms with Gasteiger partial charge in [0.1, 0.15) is 6.10 Å². The second-order valence-corrected chi connectivity index (χ2v) is 7.19. The lowest BCUT2D eigenvalue weighted by Gasteiger charge is -2.37. The molecule has 6 nitrogen and oxygen atoms in total. The van der Waals surface area contributed by atoms with E-state index >= 15 is 0 Å². The van der Waals surface area contributed by atoms with E-state index in [0.29, 0.717) is 12.5 Å². The van der Waals surface area contributed by atoms with Crippen molar-refractivity contribution < 1.29 is 9.47 Å². The molecular weight excluding hydrogens is 328 g/mol. The molecule has 0 amide bonds. The Labute approximate surface area is 158 Å². The van der Waals surface area contributed by atoms with Gasteiger partial charge < -0.3 is 19.7 Å². The van der Waals surface area contributed by atoms with Crippen LogP contribution in [0.25, 0.3) is 0 Å². The van der Waals surface area contributed by atoms with Gasteiger partial charge in [-0.1, -0.05) is 26.0 Å². The minimum absolute atomic E-state index is 0.00489. The van der Waals surface area contributed by atoms with Crippen molar-refractivity contribution in [3.05, 3.63) is 24.3 Å². The summed E-state index contributed by atoms with van der Waals surface area (Å²) in [5, 5.41) is 3.44. The third kappa shape index (κ3) is 6.09. The van der Waals surface area contributed by atoms with Crippen LogP contribution >= 0.6 is 0 Å². The predicted octanol–water partition coefficient (Wildman–Crippen LogP) is 2.31. The Morgan fingerprint density at radius 3 is 2.35 bits per heavy atom. The number of nitrogens with one attached hydrogen (secondary N) is 1. The summed E-state index contributed by atoms with van der Waals surface area (Å²) in [5.74, 6) is 3.18. The minimum atomic E-state index is 0.00489. The van der Waals surface area contributed by atoms with Crippen molar-refractivity contribution >= 4 is 5.96 Å². The van der Waals surface area contributed by atoms with Crippen molar-refractivity contribution in [3.63, 3.8) is 0 Å². The molecule has 1 atom stereocenters. The van der Waals surface area contributed by atoms with Crippen molar-refractivity contribution in [1.29, 1.82) is 0 Å². The van der Waals surface area contributed by atoms with Gasteiger partial charge in [-0.2, -0.15) is 0 Å². The Kier molecular flexibility index (Phi) is 8.04. The summed E-state index contributed by atoms with van der Waals surface area (Å²) >= 11 is 0. The summed E-state index contributed by atoms with van der Waals surface area (Å²) in [7, 11) is 3.50. The van der Waals surface area contributed by atoms with Crippen LogP contribution < -0.4 is 14.8 Å². The first kappa shape index (κ1) is 20.4. The average Bonchev–Trinajstić information content (AvgIpc) is 2.63. The standard InChI is InChI=1S/C20H34N4O2/c1-16(2)15-23-10-12-24(13-11-23)20(21-4)22-14-17(3)26-19-9-7-6-8-18(19)25-5/h6-9,16-17H,10-15H2,1-5H3,(H,21,22). The van der Waals surface area contributed by atoms with Gasteiger partial charge in [-0.15, -0.1) is 0 Å². The van der Waals surface area contributed by atoms with Gasteiger partial charge in [-0.05, 0) is 25.0 Å². The molecule has 1 heterocycles. The second-order valence-electron chi connectivity index (χ2n) is 7.19. The highest BCUT2D eigenvalue weighted by Crippen LogP contribution is 2.26. The van der Waals surface area contributed by atoms with Gasteiger partial charge in [0.15, 0.2) is 17.5 Å². The highest BCUT2D eigenvalue weighted by molar-refractivity contribution is 5.80. The van der Waals surface area contributed by atoms with Crippen molar-refractivity contribution in [2.24, 2.45) is 10.9 Å². The monoisotopic (exact) mass is 362 g/mol. The molecule has 1 aromatic carbocycles. The summed E-state index contributed by atoms with van der Waals surface area (Å²) in [4.78, 5) is 9.30. The molecule has 1 fully saturated rings. The van der Waals surface area contributed by atoms with E-state index in [0.717, 1.165) is 43.6 Å². The number of nitrogens with zero attached hydrogens (tertiary/aromatic N) is 3. The fourth-order valence-electron chi connectivity index (χ4n) is 3.20. The Morgan fingerprint density at radius 2 is 1.77 bits per heavy atom. The van der Waals surface area contributed by atoms with Gasteiger partial charge >= 0.3 is 0 Å². The van der Waals surface area contributed by atoms with Crippen molar-refractivity contribution in [2.75, 3.05) is 53.4 Å². The lowest BCUT2D eigenvalue weighted by molar-refractivity contribution is 0.162. The molecule has 0 bridgehead atoms. The van der Waals surface area contributed by atoms with Gasteiger partial charge in [0.05, 0.1) is 13.7 Å². The maximum atomic E-state index is 6.01. The number of piperazine rings is 1. The van der Waals surface area contributed by atoms with Gasteiger partial charge in [-0.3, -0.25) is 9.89 Å². The van der Waals surface area contributed by atoms with Gasteiger partial charge in [0.2, 0.25) is 0 Å². The third-order valence-electron chi connectivity index (χ3n) is 4.45. The molecule has 146 valence electrons. The van der Waals surface area contributed by atoms with Crippen molar-refractivity contribution in [3.8, 4) is 11.5 Å². The molecule has 2 rings (SSSR count). The molecule has 26 heavy (non-hydrogen) atoms. The van der Waals surface area contributed by atoms with E-state index in [4.69, 9.17) is 9.47 Å². The van der Waals surface area contributed by atoms with Crippen LogP contribution in [0.1, 0.15) is 20.8 Å². The number of guanidine groups is 1. The summed E-state index contributed by atoms with van der Waals surface area (Å²) < 4.78 is 11.4. The topological polar surface area (TPSA) is 49.3 Å². The molecule has 0 saturated carbocycles. The number of hydrogen-bond acceptors (Lipinski definition) is 4. The normalized spacial score (nSPS) is 17.3. The number of rotatable bonds is 7. The van der Waals surface area contributed by atoms with Gasteiger partial charge in [0, 0.05) is 39.8 Å². The van der Waals surface area contributed by atoms with Crippen LogP contribution in [-0.4, -0.2) is 75.3 Å². The molecule has 1 saturated heterocycles. The van der Waals surface area contributed by atoms with E-state index in [1.807, 2.05) is 38.2 Å². The largest absolute Gasteiger partial charge is 0.493 e. The molecule has 1 aromatic rings. The molecular formula is C20H34N4O2. The Morgan fingerprint density at radius 1 is 1.12 bits per heavy atom. The van der Waals surface area contributed by atoms with Crippen molar-refractivity contribution in [1.82, 2.24) is 15.1 Å². The first-order valence-corrected chi connectivity index (χ1v) is 9.51. The van der Waals surface area contributed by atoms with E-state index in [9.17, 15) is 0 Å². The second kappa shape index (κ2) is 10.3. The summed E-state index contributed by atoms with van der Waals surface area (Å²) in [5.41, 5.74) is 0. The van der Waals surface area contributed by atoms with Crippen LogP contribution in [0.5, 0.6) is 11.5 Å². The molecule has 6 heteroatoms. The molecule has 0 spiro atoms.